The molecule has 0 radical (unpaired) electrons. The molecule has 0 bridgehead atoms. The fourth-order valence-corrected chi connectivity index (χ4v) is 5.07. The van der Waals surface area contributed by atoms with E-state index in [0.717, 1.165) is 52.6 Å². The fourth-order valence-electron chi connectivity index (χ4n) is 5.07. The number of aryl methyl sites for hydroxylation is 1. The molecule has 27 heavy (non-hydrogen) atoms. The van der Waals surface area contributed by atoms with Crippen LogP contribution >= 0.6 is 0 Å². The maximum atomic E-state index is 5.73. The van der Waals surface area contributed by atoms with Gasteiger partial charge < -0.3 is 20.1 Å². The van der Waals surface area contributed by atoms with Crippen LogP contribution in [0.4, 0.5) is 0 Å². The molecule has 2 heterocycles. The normalized spacial score (nSPS) is 31.1. The number of benzene rings is 1. The molecule has 0 aromatic heterocycles. The number of nitrogens with zero attached hydrogens (tertiary/aromatic N) is 1. The summed E-state index contributed by atoms with van der Waals surface area (Å²) in [4.78, 5) is 2.59. The molecular formula is C22H35N3O2. The Morgan fingerprint density at radius 2 is 2.07 bits per heavy atom. The molecule has 0 amide bonds. The van der Waals surface area contributed by atoms with Gasteiger partial charge in [0.15, 0.2) is 0 Å². The Hall–Kier alpha value is -0.980. The molecule has 2 aliphatic heterocycles. The molecule has 5 nitrogen and oxygen atoms in total. The molecule has 3 aliphatic rings. The maximum absolute atomic E-state index is 5.73. The second-order valence-corrected chi connectivity index (χ2v) is 8.32. The van der Waals surface area contributed by atoms with Gasteiger partial charge in [-0.15, -0.1) is 0 Å². The SMILES string of the molecule is Cc1cccc(C(CNC2CCCC2C2COCCN2)N2CCOCC2)c1. The molecule has 4 unspecified atom stereocenters. The minimum atomic E-state index is 0.422. The second-order valence-electron chi connectivity index (χ2n) is 8.32. The first-order chi connectivity index (χ1) is 13.3. The summed E-state index contributed by atoms with van der Waals surface area (Å²) < 4.78 is 11.3. The second kappa shape index (κ2) is 9.48. The van der Waals surface area contributed by atoms with E-state index in [0.29, 0.717) is 24.0 Å². The summed E-state index contributed by atoms with van der Waals surface area (Å²) in [6.07, 6.45) is 3.92. The first-order valence-electron chi connectivity index (χ1n) is 10.7. The van der Waals surface area contributed by atoms with Gasteiger partial charge in [0.1, 0.15) is 0 Å². The van der Waals surface area contributed by atoms with E-state index in [-0.39, 0.29) is 0 Å². The summed E-state index contributed by atoms with van der Waals surface area (Å²) in [6.45, 7) is 9.65. The number of ether oxygens (including phenoxy) is 2. The van der Waals surface area contributed by atoms with Crippen molar-refractivity contribution in [1.82, 2.24) is 15.5 Å². The zero-order chi connectivity index (χ0) is 18.5. The average Bonchev–Trinajstić information content (AvgIpc) is 3.18. The van der Waals surface area contributed by atoms with Crippen molar-refractivity contribution < 1.29 is 9.47 Å². The lowest BCUT2D eigenvalue weighted by molar-refractivity contribution is 0.0144. The molecule has 1 aromatic carbocycles. The van der Waals surface area contributed by atoms with Gasteiger partial charge in [-0.25, -0.2) is 0 Å². The summed E-state index contributed by atoms with van der Waals surface area (Å²) in [7, 11) is 0. The van der Waals surface area contributed by atoms with E-state index in [4.69, 9.17) is 9.47 Å². The minimum Gasteiger partial charge on any atom is -0.379 e. The number of nitrogens with one attached hydrogen (secondary N) is 2. The van der Waals surface area contributed by atoms with Gasteiger partial charge >= 0.3 is 0 Å². The van der Waals surface area contributed by atoms with Crippen LogP contribution in [0.3, 0.4) is 0 Å². The molecule has 150 valence electrons. The molecule has 4 rings (SSSR count). The third-order valence-corrected chi connectivity index (χ3v) is 6.52. The summed E-state index contributed by atoms with van der Waals surface area (Å²) in [5.74, 6) is 0.688. The fraction of sp³-hybridized carbons (Fsp3) is 0.727. The third-order valence-electron chi connectivity index (χ3n) is 6.52. The van der Waals surface area contributed by atoms with Crippen LogP contribution in [0.15, 0.2) is 24.3 Å². The highest BCUT2D eigenvalue weighted by Crippen LogP contribution is 2.30. The van der Waals surface area contributed by atoms with Crippen molar-refractivity contribution in [1.29, 1.82) is 0 Å². The third kappa shape index (κ3) is 4.90. The lowest BCUT2D eigenvalue weighted by atomic mass is 9.93. The maximum Gasteiger partial charge on any atom is 0.0623 e. The van der Waals surface area contributed by atoms with Gasteiger partial charge in [-0.2, -0.15) is 0 Å². The van der Waals surface area contributed by atoms with Gasteiger partial charge in [0, 0.05) is 44.3 Å². The lowest BCUT2D eigenvalue weighted by Crippen LogP contribution is -2.52. The van der Waals surface area contributed by atoms with E-state index in [1.54, 1.807) is 0 Å². The topological polar surface area (TPSA) is 45.8 Å². The van der Waals surface area contributed by atoms with Gasteiger partial charge in [0.25, 0.3) is 0 Å². The molecule has 4 atom stereocenters. The molecule has 3 fully saturated rings. The quantitative estimate of drug-likeness (QED) is 0.800. The van der Waals surface area contributed by atoms with E-state index in [1.807, 2.05) is 0 Å². The highest BCUT2D eigenvalue weighted by molar-refractivity contribution is 5.25. The van der Waals surface area contributed by atoms with E-state index >= 15 is 0 Å². The molecular weight excluding hydrogens is 338 g/mol. The van der Waals surface area contributed by atoms with Crippen LogP contribution in [0.25, 0.3) is 0 Å². The molecule has 5 heteroatoms. The molecule has 2 N–H and O–H groups in total. The number of morpholine rings is 2. The van der Waals surface area contributed by atoms with E-state index in [1.165, 1.54) is 30.4 Å². The van der Waals surface area contributed by atoms with Crippen molar-refractivity contribution in [3.8, 4) is 0 Å². The van der Waals surface area contributed by atoms with Crippen molar-refractivity contribution in [2.75, 3.05) is 52.6 Å². The highest BCUT2D eigenvalue weighted by atomic mass is 16.5. The predicted octanol–water partition coefficient (Wildman–Crippen LogP) is 2.12. The van der Waals surface area contributed by atoms with E-state index < -0.39 is 0 Å². The Bertz CT molecular complexity index is 585. The Balaban J connectivity index is 1.43. The van der Waals surface area contributed by atoms with E-state index in [2.05, 4.69) is 46.7 Å². The molecule has 0 spiro atoms. The van der Waals surface area contributed by atoms with Crippen LogP contribution < -0.4 is 10.6 Å². The monoisotopic (exact) mass is 373 g/mol. The largest absolute Gasteiger partial charge is 0.379 e. The summed E-state index contributed by atoms with van der Waals surface area (Å²) in [5.41, 5.74) is 2.77. The van der Waals surface area contributed by atoms with Gasteiger partial charge in [-0.05, 0) is 31.2 Å². The average molecular weight is 374 g/mol. The summed E-state index contributed by atoms with van der Waals surface area (Å²) in [5, 5.41) is 7.66. The van der Waals surface area contributed by atoms with E-state index in [9.17, 15) is 0 Å². The molecule has 1 aromatic rings. The number of rotatable bonds is 6. The molecule has 1 saturated carbocycles. The van der Waals surface area contributed by atoms with Crippen LogP contribution in [0.1, 0.15) is 36.4 Å². The van der Waals surface area contributed by atoms with Crippen molar-refractivity contribution in [3.63, 3.8) is 0 Å². The van der Waals surface area contributed by atoms with Crippen LogP contribution in [0.2, 0.25) is 0 Å². The standard InChI is InChI=1S/C22H35N3O2/c1-17-4-2-5-18(14-17)22(25-9-12-26-13-10-25)15-24-20-7-3-6-19(20)21-16-27-11-8-23-21/h2,4-5,14,19-24H,3,6-13,15-16H2,1H3. The minimum absolute atomic E-state index is 0.422. The highest BCUT2D eigenvalue weighted by Gasteiger charge is 2.35. The van der Waals surface area contributed by atoms with Gasteiger partial charge in [0.2, 0.25) is 0 Å². The predicted molar refractivity (Wildman–Crippen MR) is 108 cm³/mol. The zero-order valence-electron chi connectivity index (χ0n) is 16.7. The lowest BCUT2D eigenvalue weighted by Gasteiger charge is -2.37. The Kier molecular flexibility index (Phi) is 6.79. The van der Waals surface area contributed by atoms with Crippen molar-refractivity contribution >= 4 is 0 Å². The summed E-state index contributed by atoms with van der Waals surface area (Å²) in [6, 6.07) is 10.6. The van der Waals surface area contributed by atoms with Gasteiger partial charge in [0.05, 0.1) is 26.4 Å². The van der Waals surface area contributed by atoms with Gasteiger partial charge in [-0.1, -0.05) is 36.2 Å². The number of hydrogen-bond donors (Lipinski definition) is 2. The van der Waals surface area contributed by atoms with Gasteiger partial charge in [-0.3, -0.25) is 4.90 Å². The Labute approximate surface area is 163 Å². The smallest absolute Gasteiger partial charge is 0.0623 e. The molecule has 1 aliphatic carbocycles. The summed E-state index contributed by atoms with van der Waals surface area (Å²) >= 11 is 0. The first kappa shape index (κ1) is 19.3. The van der Waals surface area contributed by atoms with Crippen molar-refractivity contribution in [2.45, 2.75) is 44.3 Å². The zero-order valence-corrected chi connectivity index (χ0v) is 16.7. The van der Waals surface area contributed by atoms with Crippen LogP contribution in [-0.2, 0) is 9.47 Å². The van der Waals surface area contributed by atoms with Crippen LogP contribution in [0, 0.1) is 12.8 Å². The van der Waals surface area contributed by atoms with Crippen molar-refractivity contribution in [3.05, 3.63) is 35.4 Å². The van der Waals surface area contributed by atoms with Crippen molar-refractivity contribution in [2.24, 2.45) is 5.92 Å². The first-order valence-corrected chi connectivity index (χ1v) is 10.7. The number of hydrogen-bond acceptors (Lipinski definition) is 5. The molecule has 2 saturated heterocycles. The Morgan fingerprint density at radius 1 is 1.19 bits per heavy atom. The van der Waals surface area contributed by atoms with Crippen LogP contribution in [-0.4, -0.2) is 69.6 Å². The Morgan fingerprint density at radius 3 is 2.85 bits per heavy atom. The van der Waals surface area contributed by atoms with Crippen LogP contribution in [0.5, 0.6) is 0 Å².